The lowest BCUT2D eigenvalue weighted by molar-refractivity contribution is -0.148. The number of rotatable bonds is 6. The first kappa shape index (κ1) is 21.7. The van der Waals surface area contributed by atoms with Crippen molar-refractivity contribution < 1.29 is 22.7 Å². The lowest BCUT2D eigenvalue weighted by atomic mass is 9.97. The van der Waals surface area contributed by atoms with Crippen LogP contribution in [0.4, 0.5) is 0 Å². The van der Waals surface area contributed by atoms with Crippen molar-refractivity contribution in [2.45, 2.75) is 56.0 Å². The highest BCUT2D eigenvalue weighted by Gasteiger charge is 2.44. The third-order valence-corrected chi connectivity index (χ3v) is 7.33. The maximum Gasteiger partial charge on any atom is 0.331 e. The van der Waals surface area contributed by atoms with Crippen molar-refractivity contribution in [1.82, 2.24) is 9.62 Å². The van der Waals surface area contributed by atoms with E-state index in [9.17, 15) is 18.0 Å². The van der Waals surface area contributed by atoms with E-state index in [2.05, 4.69) is 5.32 Å². The summed E-state index contributed by atoms with van der Waals surface area (Å²) in [6.07, 6.45) is 2.52. The van der Waals surface area contributed by atoms with Crippen molar-refractivity contribution in [1.29, 1.82) is 0 Å². The third kappa shape index (κ3) is 4.28. The van der Waals surface area contributed by atoms with Crippen molar-refractivity contribution in [3.63, 3.8) is 0 Å². The Kier molecular flexibility index (Phi) is 6.55. The van der Waals surface area contributed by atoms with Crippen LogP contribution in [0.15, 0.2) is 23.1 Å². The fourth-order valence-corrected chi connectivity index (χ4v) is 4.72. The number of carbonyl (C=O) groups excluding carboxylic acids is 2. The Balaban J connectivity index is 2.38. The van der Waals surface area contributed by atoms with Gasteiger partial charge in [-0.3, -0.25) is 4.79 Å². The molecule has 0 atom stereocenters. The van der Waals surface area contributed by atoms with E-state index in [4.69, 9.17) is 16.3 Å². The van der Waals surface area contributed by atoms with Gasteiger partial charge in [-0.1, -0.05) is 24.4 Å². The summed E-state index contributed by atoms with van der Waals surface area (Å²) in [6.45, 7) is 3.50. The molecule has 0 heterocycles. The van der Waals surface area contributed by atoms with E-state index in [1.165, 1.54) is 36.7 Å². The van der Waals surface area contributed by atoms with Gasteiger partial charge in [0.05, 0.1) is 22.6 Å². The largest absolute Gasteiger partial charge is 0.467 e. The minimum absolute atomic E-state index is 0.00470. The molecule has 0 unspecified atom stereocenters. The number of hydrogen-bond donors (Lipinski definition) is 1. The second kappa shape index (κ2) is 8.16. The van der Waals surface area contributed by atoms with E-state index in [0.29, 0.717) is 12.8 Å². The highest BCUT2D eigenvalue weighted by Crippen LogP contribution is 2.32. The van der Waals surface area contributed by atoms with Crippen LogP contribution in [-0.2, 0) is 19.6 Å². The Labute approximate surface area is 165 Å². The van der Waals surface area contributed by atoms with Gasteiger partial charge in [0, 0.05) is 13.1 Å². The molecule has 1 aromatic rings. The Hall–Kier alpha value is -1.64. The van der Waals surface area contributed by atoms with Crippen LogP contribution in [0.2, 0.25) is 5.02 Å². The van der Waals surface area contributed by atoms with Crippen LogP contribution in [0.1, 0.15) is 49.9 Å². The molecule has 0 saturated heterocycles. The van der Waals surface area contributed by atoms with Gasteiger partial charge in [-0.25, -0.2) is 13.2 Å². The highest BCUT2D eigenvalue weighted by molar-refractivity contribution is 7.89. The summed E-state index contributed by atoms with van der Waals surface area (Å²) < 4.78 is 31.5. The SMILES string of the molecule is COC(=O)C1(NC(=O)c2cc(S(=O)(=O)N(C)C(C)C)ccc2Cl)CCCC1. The van der Waals surface area contributed by atoms with Crippen LogP contribution in [0, 0.1) is 0 Å². The van der Waals surface area contributed by atoms with Gasteiger partial charge in [0.1, 0.15) is 5.54 Å². The van der Waals surface area contributed by atoms with E-state index in [1.807, 2.05) is 0 Å². The van der Waals surface area contributed by atoms with Crippen LogP contribution in [0.5, 0.6) is 0 Å². The summed E-state index contributed by atoms with van der Waals surface area (Å²) in [6, 6.07) is 3.73. The van der Waals surface area contributed by atoms with Crippen LogP contribution < -0.4 is 5.32 Å². The Morgan fingerprint density at radius 3 is 2.37 bits per heavy atom. The van der Waals surface area contributed by atoms with Crippen LogP contribution in [-0.4, -0.2) is 50.3 Å². The molecule has 1 aliphatic rings. The Morgan fingerprint density at radius 2 is 1.85 bits per heavy atom. The molecule has 0 bridgehead atoms. The second-order valence-corrected chi connectivity index (χ2v) is 9.40. The molecule has 1 fully saturated rings. The molecule has 1 amide bonds. The van der Waals surface area contributed by atoms with Gasteiger partial charge in [0.15, 0.2) is 0 Å². The minimum atomic E-state index is -3.77. The van der Waals surface area contributed by atoms with E-state index < -0.39 is 27.4 Å². The molecule has 7 nitrogen and oxygen atoms in total. The van der Waals surface area contributed by atoms with Crippen LogP contribution in [0.25, 0.3) is 0 Å². The molecule has 0 spiro atoms. The monoisotopic (exact) mass is 416 g/mol. The number of hydrogen-bond acceptors (Lipinski definition) is 5. The van der Waals surface area contributed by atoms with Gasteiger partial charge < -0.3 is 10.1 Å². The molecule has 150 valence electrons. The fraction of sp³-hybridized carbons (Fsp3) is 0.556. The van der Waals surface area contributed by atoms with E-state index in [-0.39, 0.29) is 21.5 Å². The molecule has 0 radical (unpaired) electrons. The summed E-state index contributed by atoms with van der Waals surface area (Å²) in [5.41, 5.74) is -1.09. The summed E-state index contributed by atoms with van der Waals surface area (Å²) in [5.74, 6) is -1.11. The van der Waals surface area contributed by atoms with E-state index in [0.717, 1.165) is 12.8 Å². The highest BCUT2D eigenvalue weighted by atomic mass is 35.5. The number of halogens is 1. The van der Waals surface area contributed by atoms with Gasteiger partial charge in [-0.05, 0) is 44.9 Å². The normalized spacial score (nSPS) is 16.6. The first-order valence-electron chi connectivity index (χ1n) is 8.73. The molecule has 1 saturated carbocycles. The van der Waals surface area contributed by atoms with E-state index in [1.54, 1.807) is 13.8 Å². The van der Waals surface area contributed by atoms with Crippen molar-refractivity contribution in [3.05, 3.63) is 28.8 Å². The minimum Gasteiger partial charge on any atom is -0.467 e. The first-order chi connectivity index (χ1) is 12.5. The van der Waals surface area contributed by atoms with Crippen LogP contribution in [0.3, 0.4) is 0 Å². The average molecular weight is 417 g/mol. The molecule has 0 aromatic heterocycles. The molecule has 1 aliphatic carbocycles. The predicted octanol–water partition coefficient (Wildman–Crippen LogP) is 2.58. The number of sulfonamides is 1. The summed E-state index contributed by atoms with van der Waals surface area (Å²) in [4.78, 5) is 25.0. The standard InChI is InChI=1S/C18H25ClN2O5S/c1-12(2)21(3)27(24,25)13-7-8-15(19)14(11-13)16(22)20-18(17(23)26-4)9-5-6-10-18/h7-8,11-12H,5-6,9-10H2,1-4H3,(H,20,22). The number of carbonyl (C=O) groups is 2. The molecular formula is C18H25ClN2O5S. The zero-order chi connectivity index (χ0) is 20.4. The number of nitrogens with zero attached hydrogens (tertiary/aromatic N) is 1. The van der Waals surface area contributed by atoms with Crippen molar-refractivity contribution in [2.24, 2.45) is 0 Å². The van der Waals surface area contributed by atoms with Crippen molar-refractivity contribution in [2.75, 3.05) is 14.2 Å². The Morgan fingerprint density at radius 1 is 1.26 bits per heavy atom. The molecule has 1 N–H and O–H groups in total. The third-order valence-electron chi connectivity index (χ3n) is 4.97. The smallest absolute Gasteiger partial charge is 0.331 e. The molecule has 1 aromatic carbocycles. The van der Waals surface area contributed by atoms with Crippen molar-refractivity contribution in [3.8, 4) is 0 Å². The summed E-state index contributed by atoms with van der Waals surface area (Å²) >= 11 is 6.14. The number of ether oxygens (including phenoxy) is 1. The zero-order valence-electron chi connectivity index (χ0n) is 15.9. The lowest BCUT2D eigenvalue weighted by Crippen LogP contribution is -2.53. The van der Waals surface area contributed by atoms with E-state index >= 15 is 0 Å². The zero-order valence-corrected chi connectivity index (χ0v) is 17.5. The molecule has 2 rings (SSSR count). The van der Waals surface area contributed by atoms with Gasteiger partial charge in [-0.2, -0.15) is 4.31 Å². The quantitative estimate of drug-likeness (QED) is 0.719. The molecule has 27 heavy (non-hydrogen) atoms. The number of benzene rings is 1. The number of nitrogens with one attached hydrogen (secondary N) is 1. The van der Waals surface area contributed by atoms with Gasteiger partial charge >= 0.3 is 5.97 Å². The lowest BCUT2D eigenvalue weighted by Gasteiger charge is -2.27. The first-order valence-corrected chi connectivity index (χ1v) is 10.6. The van der Waals surface area contributed by atoms with Gasteiger partial charge in [-0.15, -0.1) is 0 Å². The van der Waals surface area contributed by atoms with Crippen molar-refractivity contribution >= 4 is 33.5 Å². The average Bonchev–Trinajstić information content (AvgIpc) is 3.09. The summed E-state index contributed by atoms with van der Waals surface area (Å²) in [5, 5.41) is 2.83. The molecular weight excluding hydrogens is 392 g/mol. The number of amides is 1. The fourth-order valence-electron chi connectivity index (χ4n) is 3.12. The van der Waals surface area contributed by atoms with Gasteiger partial charge in [0.25, 0.3) is 5.91 Å². The topological polar surface area (TPSA) is 92.8 Å². The number of methoxy groups -OCH3 is 1. The summed E-state index contributed by atoms with van der Waals surface area (Å²) in [7, 11) is -1.03. The van der Waals surface area contributed by atoms with Crippen LogP contribution >= 0.6 is 11.6 Å². The molecule has 0 aliphatic heterocycles. The maximum absolute atomic E-state index is 12.8. The number of esters is 1. The molecule has 9 heteroatoms. The Bertz CT molecular complexity index is 832. The maximum atomic E-state index is 12.8. The van der Waals surface area contributed by atoms with Gasteiger partial charge in [0.2, 0.25) is 10.0 Å². The second-order valence-electron chi connectivity index (χ2n) is 6.99. The predicted molar refractivity (Wildman–Crippen MR) is 102 cm³/mol.